The summed E-state index contributed by atoms with van der Waals surface area (Å²) in [4.78, 5) is 23.0. The molecule has 1 aromatic rings. The van der Waals surface area contributed by atoms with Gasteiger partial charge in [0.1, 0.15) is 6.04 Å². The van der Waals surface area contributed by atoms with Crippen LogP contribution in [0.25, 0.3) is 0 Å². The van der Waals surface area contributed by atoms with E-state index in [9.17, 15) is 18.0 Å². The Morgan fingerprint density at radius 2 is 1.81 bits per heavy atom. The van der Waals surface area contributed by atoms with Crippen molar-refractivity contribution in [2.45, 2.75) is 24.4 Å². The Kier molecular flexibility index (Phi) is 6.22. The third-order valence-corrected chi connectivity index (χ3v) is 4.19. The number of amides is 2. The summed E-state index contributed by atoms with van der Waals surface area (Å²) < 4.78 is 22.6. The number of thiol groups is 1. The van der Waals surface area contributed by atoms with Gasteiger partial charge >= 0.3 is 0 Å². The van der Waals surface area contributed by atoms with Crippen molar-refractivity contribution in [2.24, 2.45) is 0 Å². The fourth-order valence-electron chi connectivity index (χ4n) is 1.61. The van der Waals surface area contributed by atoms with Gasteiger partial charge in [-0.2, -0.15) is 12.6 Å². The van der Waals surface area contributed by atoms with Gasteiger partial charge in [0.2, 0.25) is 11.8 Å². The highest BCUT2D eigenvalue weighted by molar-refractivity contribution is 7.90. The molecular weight excluding hydrogens is 312 g/mol. The molecule has 8 heteroatoms. The summed E-state index contributed by atoms with van der Waals surface area (Å²) in [6.07, 6.45) is 1.13. The quantitative estimate of drug-likeness (QED) is 0.647. The zero-order valence-corrected chi connectivity index (χ0v) is 13.5. The van der Waals surface area contributed by atoms with Crippen LogP contribution >= 0.6 is 12.6 Å². The van der Waals surface area contributed by atoms with Crippen molar-refractivity contribution in [3.63, 3.8) is 0 Å². The molecule has 0 fully saturated rings. The highest BCUT2D eigenvalue weighted by Crippen LogP contribution is 2.10. The minimum atomic E-state index is -3.23. The van der Waals surface area contributed by atoms with E-state index >= 15 is 0 Å². The molecule has 1 atom stereocenters. The monoisotopic (exact) mass is 330 g/mol. The molecule has 0 aliphatic heterocycles. The summed E-state index contributed by atoms with van der Waals surface area (Å²) in [5.41, 5.74) is 0.761. The van der Waals surface area contributed by atoms with Gasteiger partial charge < -0.3 is 10.6 Å². The SMILES string of the molecule is CC(=O)NC(CS)C(=O)NCc1ccc(S(C)(=O)=O)cc1. The summed E-state index contributed by atoms with van der Waals surface area (Å²) in [7, 11) is -3.23. The van der Waals surface area contributed by atoms with Gasteiger partial charge in [0, 0.05) is 25.5 Å². The second-order valence-electron chi connectivity index (χ2n) is 4.57. The molecule has 0 spiro atoms. The minimum absolute atomic E-state index is 0.193. The van der Waals surface area contributed by atoms with Crippen LogP contribution in [-0.2, 0) is 26.0 Å². The first-order valence-corrected chi connectivity index (χ1v) is 8.71. The topological polar surface area (TPSA) is 92.3 Å². The summed E-state index contributed by atoms with van der Waals surface area (Å²) in [6.45, 7) is 1.57. The maximum Gasteiger partial charge on any atom is 0.243 e. The van der Waals surface area contributed by atoms with E-state index in [-0.39, 0.29) is 29.0 Å². The van der Waals surface area contributed by atoms with Gasteiger partial charge in [0.05, 0.1) is 4.90 Å². The number of carbonyl (C=O) groups excluding carboxylic acids is 2. The van der Waals surface area contributed by atoms with Crippen LogP contribution in [0.3, 0.4) is 0 Å². The predicted molar refractivity (Wildman–Crippen MR) is 82.9 cm³/mol. The predicted octanol–water partition coefficient (Wildman–Crippen LogP) is 0.141. The van der Waals surface area contributed by atoms with Crippen molar-refractivity contribution in [3.8, 4) is 0 Å². The fourth-order valence-corrected chi connectivity index (χ4v) is 2.49. The third-order valence-electron chi connectivity index (χ3n) is 2.69. The van der Waals surface area contributed by atoms with Crippen LogP contribution in [-0.4, -0.2) is 38.3 Å². The van der Waals surface area contributed by atoms with E-state index in [1.54, 1.807) is 12.1 Å². The van der Waals surface area contributed by atoms with Crippen LogP contribution < -0.4 is 10.6 Å². The number of rotatable bonds is 6. The normalized spacial score (nSPS) is 12.5. The Hall–Kier alpha value is -1.54. The molecule has 1 unspecified atom stereocenters. The molecule has 1 rings (SSSR count). The lowest BCUT2D eigenvalue weighted by molar-refractivity contribution is -0.127. The molecule has 0 heterocycles. The number of hydrogen-bond acceptors (Lipinski definition) is 5. The van der Waals surface area contributed by atoms with Crippen molar-refractivity contribution in [2.75, 3.05) is 12.0 Å². The van der Waals surface area contributed by atoms with E-state index in [1.807, 2.05) is 0 Å². The van der Waals surface area contributed by atoms with Crippen molar-refractivity contribution >= 4 is 34.3 Å². The van der Waals surface area contributed by atoms with Gasteiger partial charge in [-0.15, -0.1) is 0 Å². The van der Waals surface area contributed by atoms with E-state index in [0.29, 0.717) is 0 Å². The van der Waals surface area contributed by atoms with E-state index in [4.69, 9.17) is 0 Å². The Morgan fingerprint density at radius 3 is 2.24 bits per heavy atom. The maximum absolute atomic E-state index is 11.8. The Morgan fingerprint density at radius 1 is 1.24 bits per heavy atom. The molecule has 0 saturated carbocycles. The third kappa shape index (κ3) is 5.76. The Labute approximate surface area is 129 Å². The first-order valence-electron chi connectivity index (χ1n) is 6.18. The largest absolute Gasteiger partial charge is 0.350 e. The lowest BCUT2D eigenvalue weighted by Crippen LogP contribution is -2.47. The average molecular weight is 330 g/mol. The summed E-state index contributed by atoms with van der Waals surface area (Å²) >= 11 is 4.01. The van der Waals surface area contributed by atoms with Crippen LogP contribution in [0.15, 0.2) is 29.2 Å². The highest BCUT2D eigenvalue weighted by Gasteiger charge is 2.17. The molecule has 2 amide bonds. The number of benzene rings is 1. The minimum Gasteiger partial charge on any atom is -0.350 e. The van der Waals surface area contributed by atoms with Gasteiger partial charge in [-0.25, -0.2) is 8.42 Å². The molecule has 0 aromatic heterocycles. The van der Waals surface area contributed by atoms with E-state index < -0.39 is 15.9 Å². The van der Waals surface area contributed by atoms with Crippen molar-refractivity contribution < 1.29 is 18.0 Å². The Bertz CT molecular complexity index is 612. The molecule has 116 valence electrons. The van der Waals surface area contributed by atoms with Gasteiger partial charge in [-0.05, 0) is 17.7 Å². The van der Waals surface area contributed by atoms with E-state index in [0.717, 1.165) is 11.8 Å². The molecule has 1 aromatic carbocycles. The average Bonchev–Trinajstić information content (AvgIpc) is 2.41. The highest BCUT2D eigenvalue weighted by atomic mass is 32.2. The lowest BCUT2D eigenvalue weighted by Gasteiger charge is -2.15. The van der Waals surface area contributed by atoms with Crippen molar-refractivity contribution in [3.05, 3.63) is 29.8 Å². The van der Waals surface area contributed by atoms with Crippen LogP contribution in [0.2, 0.25) is 0 Å². The van der Waals surface area contributed by atoms with Crippen molar-refractivity contribution in [1.29, 1.82) is 0 Å². The summed E-state index contributed by atoms with van der Waals surface area (Å²) in [6, 6.07) is 5.54. The van der Waals surface area contributed by atoms with E-state index in [2.05, 4.69) is 23.3 Å². The molecule has 0 bridgehead atoms. The molecule has 6 nitrogen and oxygen atoms in total. The van der Waals surface area contributed by atoms with Crippen LogP contribution in [0, 0.1) is 0 Å². The van der Waals surface area contributed by atoms with Crippen LogP contribution in [0.4, 0.5) is 0 Å². The second kappa shape index (κ2) is 7.46. The van der Waals surface area contributed by atoms with Crippen molar-refractivity contribution in [1.82, 2.24) is 10.6 Å². The zero-order chi connectivity index (χ0) is 16.0. The first kappa shape index (κ1) is 17.5. The van der Waals surface area contributed by atoms with Gasteiger partial charge in [-0.1, -0.05) is 12.1 Å². The zero-order valence-electron chi connectivity index (χ0n) is 11.8. The first-order chi connectivity index (χ1) is 9.74. The second-order valence-corrected chi connectivity index (χ2v) is 6.95. The molecule has 0 aliphatic carbocycles. The number of nitrogens with one attached hydrogen (secondary N) is 2. The molecule has 0 aliphatic rings. The number of hydrogen-bond donors (Lipinski definition) is 3. The molecule has 0 radical (unpaired) electrons. The molecular formula is C13H18N2O4S2. The molecule has 21 heavy (non-hydrogen) atoms. The molecule has 2 N–H and O–H groups in total. The smallest absolute Gasteiger partial charge is 0.243 e. The van der Waals surface area contributed by atoms with Gasteiger partial charge in [0.25, 0.3) is 0 Å². The number of sulfone groups is 1. The summed E-state index contributed by atoms with van der Waals surface area (Å²) in [5.74, 6) is -0.451. The van der Waals surface area contributed by atoms with Crippen LogP contribution in [0.1, 0.15) is 12.5 Å². The van der Waals surface area contributed by atoms with Crippen LogP contribution in [0.5, 0.6) is 0 Å². The maximum atomic E-state index is 11.8. The summed E-state index contributed by atoms with van der Waals surface area (Å²) in [5, 5.41) is 5.15. The van der Waals surface area contributed by atoms with E-state index in [1.165, 1.54) is 19.1 Å². The Balaban J connectivity index is 2.62. The number of carbonyl (C=O) groups is 2. The van der Waals surface area contributed by atoms with Gasteiger partial charge in [-0.3, -0.25) is 9.59 Å². The van der Waals surface area contributed by atoms with Gasteiger partial charge in [0.15, 0.2) is 9.84 Å². The molecule has 0 saturated heterocycles. The standard InChI is InChI=1S/C13H18N2O4S2/c1-9(16)15-12(8-20)13(17)14-7-10-3-5-11(6-4-10)21(2,18)19/h3-6,12,20H,7-8H2,1-2H3,(H,14,17)(H,15,16). The lowest BCUT2D eigenvalue weighted by atomic mass is 10.2. The fraction of sp³-hybridized carbons (Fsp3) is 0.385.